The van der Waals surface area contributed by atoms with Crippen LogP contribution in [0, 0.1) is 5.92 Å². The Morgan fingerprint density at radius 1 is 1.09 bits per heavy atom. The zero-order valence-electron chi connectivity index (χ0n) is 19.2. The van der Waals surface area contributed by atoms with Crippen molar-refractivity contribution < 1.29 is 29.0 Å². The first-order chi connectivity index (χ1) is 16.3. The van der Waals surface area contributed by atoms with Crippen molar-refractivity contribution in [2.24, 2.45) is 5.92 Å². The molecule has 0 spiro atoms. The monoisotopic (exact) mass is 464 g/mol. The van der Waals surface area contributed by atoms with Gasteiger partial charge in [-0.25, -0.2) is 9.59 Å². The van der Waals surface area contributed by atoms with E-state index in [0.717, 1.165) is 22.3 Å². The quantitative estimate of drug-likeness (QED) is 0.653. The first-order valence-corrected chi connectivity index (χ1v) is 11.5. The molecule has 1 unspecified atom stereocenters. The Kier molecular flexibility index (Phi) is 5.36. The van der Waals surface area contributed by atoms with Gasteiger partial charge in [0.05, 0.1) is 6.61 Å². The number of aliphatic carboxylic acids is 1. The predicted octanol–water partition coefficient (Wildman–Crippen LogP) is 3.01. The number of hydrogen-bond donors (Lipinski definition) is 2. The Morgan fingerprint density at radius 2 is 1.68 bits per heavy atom. The standard InChI is InChI=1S/C26H28N2O6/c1-25(15-33-2,22(29)28-13-16-11-26(28,12-16)23(30)31)27-24(32)34-14-21-19-9-5-3-7-17(19)18-8-4-6-10-20(18)21/h3-10,16,21H,11-15H2,1-2H3,(H,27,32)(H,30,31). The molecule has 0 radical (unpaired) electrons. The van der Waals surface area contributed by atoms with E-state index < -0.39 is 29.0 Å². The van der Waals surface area contributed by atoms with Gasteiger partial charge in [0.15, 0.2) is 0 Å². The second kappa shape index (κ2) is 8.13. The molecule has 0 aromatic heterocycles. The number of benzene rings is 2. The zero-order chi connectivity index (χ0) is 24.1. The van der Waals surface area contributed by atoms with Crippen LogP contribution < -0.4 is 5.32 Å². The summed E-state index contributed by atoms with van der Waals surface area (Å²) in [5, 5.41) is 12.4. The highest BCUT2D eigenvalue weighted by atomic mass is 16.5. The third-order valence-corrected chi connectivity index (χ3v) is 7.48. The van der Waals surface area contributed by atoms with Gasteiger partial charge in [-0.15, -0.1) is 0 Å². The molecule has 1 atom stereocenters. The third kappa shape index (κ3) is 3.36. The summed E-state index contributed by atoms with van der Waals surface area (Å²) < 4.78 is 10.8. The van der Waals surface area contributed by atoms with E-state index >= 15 is 0 Å². The number of methoxy groups -OCH3 is 1. The Balaban J connectivity index is 1.30. The number of nitrogens with one attached hydrogen (secondary N) is 1. The molecule has 2 aliphatic heterocycles. The lowest BCUT2D eigenvalue weighted by atomic mass is 9.73. The van der Waals surface area contributed by atoms with Crippen LogP contribution in [-0.2, 0) is 19.1 Å². The molecule has 2 aromatic carbocycles. The van der Waals surface area contributed by atoms with E-state index in [1.807, 2.05) is 36.4 Å². The number of nitrogens with zero attached hydrogens (tertiary/aromatic N) is 1. The average Bonchev–Trinajstić information content (AvgIpc) is 3.46. The van der Waals surface area contributed by atoms with Crippen molar-refractivity contribution in [1.29, 1.82) is 0 Å². The van der Waals surface area contributed by atoms with Gasteiger partial charge in [0.2, 0.25) is 0 Å². The largest absolute Gasteiger partial charge is 0.479 e. The van der Waals surface area contributed by atoms with Crippen LogP contribution in [0.3, 0.4) is 0 Å². The van der Waals surface area contributed by atoms with Crippen LogP contribution in [0.2, 0.25) is 0 Å². The molecule has 2 amide bonds. The molecule has 3 fully saturated rings. The molecule has 4 aliphatic rings. The van der Waals surface area contributed by atoms with E-state index in [1.165, 1.54) is 12.0 Å². The van der Waals surface area contributed by atoms with Gasteiger partial charge in [0.25, 0.3) is 5.91 Å². The maximum absolute atomic E-state index is 13.4. The van der Waals surface area contributed by atoms with E-state index in [1.54, 1.807) is 6.92 Å². The molecule has 2 bridgehead atoms. The second-order valence-electron chi connectivity index (χ2n) is 9.74. The van der Waals surface area contributed by atoms with Crippen molar-refractivity contribution in [1.82, 2.24) is 10.2 Å². The second-order valence-corrected chi connectivity index (χ2v) is 9.74. The number of carbonyl (C=O) groups excluding carboxylic acids is 2. The van der Waals surface area contributed by atoms with Gasteiger partial charge >= 0.3 is 12.1 Å². The Bertz CT molecular complexity index is 1110. The summed E-state index contributed by atoms with van der Waals surface area (Å²) in [6.45, 7) is 1.93. The van der Waals surface area contributed by atoms with Gasteiger partial charge in [-0.3, -0.25) is 4.79 Å². The lowest BCUT2D eigenvalue weighted by molar-refractivity contribution is -0.161. The molecule has 8 nitrogen and oxygen atoms in total. The van der Waals surface area contributed by atoms with Crippen LogP contribution in [0.4, 0.5) is 4.79 Å². The number of amides is 2. The van der Waals surface area contributed by atoms with Gasteiger partial charge in [-0.2, -0.15) is 0 Å². The van der Waals surface area contributed by atoms with Crippen LogP contribution in [0.15, 0.2) is 48.5 Å². The van der Waals surface area contributed by atoms with Crippen LogP contribution in [-0.4, -0.2) is 65.9 Å². The predicted molar refractivity (Wildman–Crippen MR) is 123 cm³/mol. The first-order valence-electron chi connectivity index (χ1n) is 11.5. The minimum atomic E-state index is -1.45. The van der Waals surface area contributed by atoms with Gasteiger partial charge in [-0.1, -0.05) is 48.5 Å². The fraction of sp³-hybridized carbons (Fsp3) is 0.423. The van der Waals surface area contributed by atoms with Crippen molar-refractivity contribution in [2.75, 3.05) is 26.9 Å². The lowest BCUT2D eigenvalue weighted by Crippen LogP contribution is -2.65. The van der Waals surface area contributed by atoms with E-state index in [4.69, 9.17) is 9.47 Å². The van der Waals surface area contributed by atoms with Gasteiger partial charge in [0.1, 0.15) is 17.7 Å². The molecule has 2 aliphatic carbocycles. The minimum absolute atomic E-state index is 0.104. The highest BCUT2D eigenvalue weighted by molar-refractivity contribution is 5.95. The topological polar surface area (TPSA) is 105 Å². The third-order valence-electron chi connectivity index (χ3n) is 7.48. The number of ether oxygens (including phenoxy) is 2. The van der Waals surface area contributed by atoms with Crippen LogP contribution >= 0.6 is 0 Å². The summed E-state index contributed by atoms with van der Waals surface area (Å²) in [7, 11) is 1.43. The minimum Gasteiger partial charge on any atom is -0.479 e. The Morgan fingerprint density at radius 3 is 2.24 bits per heavy atom. The molecule has 8 heteroatoms. The van der Waals surface area contributed by atoms with Crippen molar-refractivity contribution >= 4 is 18.0 Å². The normalized spacial score (nSPS) is 23.9. The molecule has 6 rings (SSSR count). The number of rotatable bonds is 7. The summed E-state index contributed by atoms with van der Waals surface area (Å²) in [6.07, 6.45) is 0.148. The zero-order valence-corrected chi connectivity index (χ0v) is 19.2. The fourth-order valence-electron chi connectivity index (χ4n) is 5.84. The molecule has 2 aromatic rings. The average molecular weight is 465 g/mol. The van der Waals surface area contributed by atoms with Gasteiger partial charge in [-0.05, 0) is 47.9 Å². The van der Waals surface area contributed by atoms with E-state index in [9.17, 15) is 19.5 Å². The summed E-state index contributed by atoms with van der Waals surface area (Å²) in [5.41, 5.74) is 1.80. The molecule has 178 valence electrons. The maximum Gasteiger partial charge on any atom is 0.408 e. The molecular formula is C26H28N2O6. The fourth-order valence-corrected chi connectivity index (χ4v) is 5.84. The molecule has 2 N–H and O–H groups in total. The number of alkyl carbamates (subject to hydrolysis) is 1. The number of carbonyl (C=O) groups is 3. The number of carboxylic acid groups (broad SMARTS) is 1. The number of fused-ring (bicyclic) bond motifs is 4. The summed E-state index contributed by atoms with van der Waals surface area (Å²) in [4.78, 5) is 39.6. The van der Waals surface area contributed by atoms with Crippen LogP contribution in [0.25, 0.3) is 11.1 Å². The lowest BCUT2D eigenvalue weighted by Gasteiger charge is -2.41. The van der Waals surface area contributed by atoms with E-state index in [0.29, 0.717) is 19.4 Å². The van der Waals surface area contributed by atoms with E-state index in [2.05, 4.69) is 17.4 Å². The van der Waals surface area contributed by atoms with Crippen molar-refractivity contribution in [3.8, 4) is 11.1 Å². The van der Waals surface area contributed by atoms with Crippen LogP contribution in [0.1, 0.15) is 36.8 Å². The van der Waals surface area contributed by atoms with Gasteiger partial charge < -0.3 is 24.8 Å². The molecule has 34 heavy (non-hydrogen) atoms. The summed E-state index contributed by atoms with van der Waals surface area (Å²) in [5.74, 6) is -1.40. The molecular weight excluding hydrogens is 436 g/mol. The maximum atomic E-state index is 13.4. The van der Waals surface area contributed by atoms with Crippen molar-refractivity contribution in [3.63, 3.8) is 0 Å². The van der Waals surface area contributed by atoms with Gasteiger partial charge in [0, 0.05) is 19.6 Å². The number of carboxylic acids is 1. The molecule has 2 heterocycles. The summed E-state index contributed by atoms with van der Waals surface area (Å²) in [6, 6.07) is 16.1. The first kappa shape index (κ1) is 22.4. The van der Waals surface area contributed by atoms with Crippen molar-refractivity contribution in [3.05, 3.63) is 59.7 Å². The molecule has 1 saturated carbocycles. The Hall–Kier alpha value is -3.39. The SMILES string of the molecule is COCC(C)(NC(=O)OCC1c2ccccc2-c2ccccc21)C(=O)N1CC2CC1(C(=O)O)C2. The highest BCUT2D eigenvalue weighted by Crippen LogP contribution is 2.51. The van der Waals surface area contributed by atoms with Crippen LogP contribution in [0.5, 0.6) is 0 Å². The molecule has 2 saturated heterocycles. The van der Waals surface area contributed by atoms with Crippen molar-refractivity contribution in [2.45, 2.75) is 36.8 Å². The number of hydrogen-bond acceptors (Lipinski definition) is 5. The highest BCUT2D eigenvalue weighted by Gasteiger charge is 2.64. The smallest absolute Gasteiger partial charge is 0.408 e. The van der Waals surface area contributed by atoms with E-state index in [-0.39, 0.29) is 25.0 Å². The Labute approximate surface area is 197 Å². The summed E-state index contributed by atoms with van der Waals surface area (Å²) >= 11 is 0.